The highest BCUT2D eigenvalue weighted by Gasteiger charge is 2.16. The second-order valence-electron chi connectivity index (χ2n) is 12.9. The summed E-state index contributed by atoms with van der Waals surface area (Å²) in [6.45, 7) is 0. The second kappa shape index (κ2) is 15.4. The van der Waals surface area contributed by atoms with E-state index in [-0.39, 0.29) is 0 Å². The third-order valence-corrected chi connectivity index (χ3v) is 10.6. The van der Waals surface area contributed by atoms with Crippen molar-refractivity contribution < 1.29 is 0 Å². The minimum absolute atomic E-state index is 0.990. The molecular weight excluding hydrogens is 693 g/mol. The summed E-state index contributed by atoms with van der Waals surface area (Å²) in [5.74, 6) is 0. The molecule has 0 saturated heterocycles. The average Bonchev–Trinajstić information content (AvgIpc) is 3.77. The maximum Gasteiger partial charge on any atom is 0.0644 e. The number of rotatable bonds is 10. The molecule has 6 nitrogen and oxygen atoms in total. The van der Waals surface area contributed by atoms with E-state index in [2.05, 4.69) is 163 Å². The molecule has 0 aliphatic rings. The van der Waals surface area contributed by atoms with Gasteiger partial charge >= 0.3 is 0 Å². The Kier molecular flexibility index (Phi) is 9.41. The van der Waals surface area contributed by atoms with Gasteiger partial charge in [0.15, 0.2) is 0 Å². The van der Waals surface area contributed by atoms with Gasteiger partial charge in [0.25, 0.3) is 0 Å². The van der Waals surface area contributed by atoms with Gasteiger partial charge in [-0.05, 0) is 119 Å². The fourth-order valence-corrected chi connectivity index (χ4v) is 7.80. The summed E-state index contributed by atoms with van der Waals surface area (Å²) >= 11 is 1.79. The number of anilines is 6. The predicted octanol–water partition coefficient (Wildman–Crippen LogP) is 12.9. The SMILES string of the molecule is c1cncc(-c2cccc(N(c3ccc(-c4ccc(-c5ccc(N(c6cccnc6)c6cccc(-c7cccnc7)c6)cc5)s4)cc3)c3cccnc3)c2)c1. The Bertz CT molecular complexity index is 2450. The maximum absolute atomic E-state index is 4.44. The van der Waals surface area contributed by atoms with E-state index in [0.717, 1.165) is 56.4 Å². The summed E-state index contributed by atoms with van der Waals surface area (Å²) in [6.07, 6.45) is 14.8. The van der Waals surface area contributed by atoms with Gasteiger partial charge in [0, 0.05) is 80.8 Å². The molecule has 9 aromatic rings. The van der Waals surface area contributed by atoms with Crippen molar-refractivity contribution >= 4 is 45.5 Å². The maximum atomic E-state index is 4.44. The topological polar surface area (TPSA) is 58.0 Å². The van der Waals surface area contributed by atoms with Crippen LogP contribution in [0.2, 0.25) is 0 Å². The largest absolute Gasteiger partial charge is 0.309 e. The number of pyridine rings is 4. The highest BCUT2D eigenvalue weighted by Crippen LogP contribution is 2.41. The van der Waals surface area contributed by atoms with Gasteiger partial charge in [-0.15, -0.1) is 11.3 Å². The third kappa shape index (κ3) is 7.25. The molecule has 0 amide bonds. The minimum atomic E-state index is 0.990. The highest BCUT2D eigenvalue weighted by atomic mass is 32.1. The lowest BCUT2D eigenvalue weighted by molar-refractivity contribution is 1.23. The van der Waals surface area contributed by atoms with Crippen molar-refractivity contribution in [2.75, 3.05) is 9.80 Å². The van der Waals surface area contributed by atoms with Gasteiger partial charge < -0.3 is 9.80 Å². The Morgan fingerprint density at radius 3 is 1.05 bits per heavy atom. The van der Waals surface area contributed by atoms with E-state index in [1.807, 2.05) is 49.1 Å². The summed E-state index contributed by atoms with van der Waals surface area (Å²) in [6, 6.07) is 55.3. The molecule has 0 aliphatic carbocycles. The van der Waals surface area contributed by atoms with Gasteiger partial charge in [0.2, 0.25) is 0 Å². The molecule has 5 heterocycles. The van der Waals surface area contributed by atoms with Crippen LogP contribution in [0.15, 0.2) is 207 Å². The van der Waals surface area contributed by atoms with Crippen LogP contribution in [0.25, 0.3) is 43.1 Å². The molecule has 0 bridgehead atoms. The van der Waals surface area contributed by atoms with Gasteiger partial charge in [-0.1, -0.05) is 60.7 Å². The van der Waals surface area contributed by atoms with Crippen molar-refractivity contribution in [1.82, 2.24) is 19.9 Å². The van der Waals surface area contributed by atoms with E-state index in [0.29, 0.717) is 0 Å². The molecular formula is C48H34N6S. The van der Waals surface area contributed by atoms with Crippen molar-refractivity contribution in [2.24, 2.45) is 0 Å². The normalized spacial score (nSPS) is 10.9. The smallest absolute Gasteiger partial charge is 0.0644 e. The Hall–Kier alpha value is -7.22. The molecule has 0 atom stereocenters. The first kappa shape index (κ1) is 33.6. The number of nitrogens with zero attached hydrogens (tertiary/aromatic N) is 6. The zero-order valence-electron chi connectivity index (χ0n) is 29.7. The molecule has 0 fully saturated rings. The lowest BCUT2D eigenvalue weighted by Crippen LogP contribution is -2.10. The van der Waals surface area contributed by atoms with Crippen molar-refractivity contribution in [3.8, 4) is 43.1 Å². The Balaban J connectivity index is 0.988. The standard InChI is InChI=1S/C48H34N6S/c1-7-37(39-9-3-25-49-31-39)29-43(11-1)53(45-13-5-27-51-33-45)41-19-15-35(16-20-41)47-23-24-48(55-47)36-17-21-42(22-18-36)54(46-14-6-28-52-34-46)44-12-2-8-38(30-44)40-10-4-26-50-32-40/h1-34H. The number of thiophene rings is 1. The van der Waals surface area contributed by atoms with Crippen LogP contribution in [0.5, 0.6) is 0 Å². The zero-order chi connectivity index (χ0) is 36.8. The van der Waals surface area contributed by atoms with E-state index >= 15 is 0 Å². The van der Waals surface area contributed by atoms with Gasteiger partial charge in [0.05, 0.1) is 23.8 Å². The Morgan fingerprint density at radius 2 is 0.673 bits per heavy atom. The van der Waals surface area contributed by atoms with Gasteiger partial charge in [0.1, 0.15) is 0 Å². The molecule has 0 radical (unpaired) electrons. The summed E-state index contributed by atoms with van der Waals surface area (Å²) in [5, 5.41) is 0. The highest BCUT2D eigenvalue weighted by molar-refractivity contribution is 7.18. The molecule has 0 unspecified atom stereocenters. The minimum Gasteiger partial charge on any atom is -0.309 e. The molecule has 0 saturated carbocycles. The Labute approximate surface area is 324 Å². The monoisotopic (exact) mass is 726 g/mol. The lowest BCUT2D eigenvalue weighted by Gasteiger charge is -2.25. The molecule has 0 N–H and O–H groups in total. The number of hydrogen-bond donors (Lipinski definition) is 0. The van der Waals surface area contributed by atoms with Crippen LogP contribution < -0.4 is 9.80 Å². The van der Waals surface area contributed by atoms with Crippen LogP contribution >= 0.6 is 11.3 Å². The van der Waals surface area contributed by atoms with Gasteiger partial charge in [-0.25, -0.2) is 0 Å². The molecule has 7 heteroatoms. The van der Waals surface area contributed by atoms with Gasteiger partial charge in [-0.3, -0.25) is 19.9 Å². The van der Waals surface area contributed by atoms with E-state index in [1.54, 1.807) is 36.1 Å². The van der Waals surface area contributed by atoms with Crippen LogP contribution in [-0.4, -0.2) is 19.9 Å². The fourth-order valence-electron chi connectivity index (χ4n) is 6.78. The molecule has 0 spiro atoms. The molecule has 0 aliphatic heterocycles. The summed E-state index contributed by atoms with van der Waals surface area (Å²) in [5.41, 5.74) is 12.9. The summed E-state index contributed by atoms with van der Waals surface area (Å²) in [7, 11) is 0. The molecule has 5 aromatic heterocycles. The summed E-state index contributed by atoms with van der Waals surface area (Å²) in [4.78, 5) is 24.4. The second-order valence-corrected chi connectivity index (χ2v) is 14.0. The first-order valence-corrected chi connectivity index (χ1v) is 18.8. The van der Waals surface area contributed by atoms with Crippen LogP contribution in [0, 0.1) is 0 Å². The molecule has 9 rings (SSSR count). The fraction of sp³-hybridized carbons (Fsp3) is 0. The van der Waals surface area contributed by atoms with E-state index in [9.17, 15) is 0 Å². The zero-order valence-corrected chi connectivity index (χ0v) is 30.5. The van der Waals surface area contributed by atoms with Crippen molar-refractivity contribution in [3.05, 3.63) is 207 Å². The average molecular weight is 727 g/mol. The van der Waals surface area contributed by atoms with E-state index in [4.69, 9.17) is 0 Å². The lowest BCUT2D eigenvalue weighted by atomic mass is 10.1. The van der Waals surface area contributed by atoms with Crippen molar-refractivity contribution in [2.45, 2.75) is 0 Å². The molecule has 262 valence electrons. The number of aromatic nitrogens is 4. The molecule has 4 aromatic carbocycles. The van der Waals surface area contributed by atoms with Crippen molar-refractivity contribution in [3.63, 3.8) is 0 Å². The van der Waals surface area contributed by atoms with E-state index < -0.39 is 0 Å². The first-order valence-electron chi connectivity index (χ1n) is 18.0. The quantitative estimate of drug-likeness (QED) is 0.140. The van der Waals surface area contributed by atoms with Crippen LogP contribution in [0.4, 0.5) is 34.1 Å². The van der Waals surface area contributed by atoms with Crippen LogP contribution in [-0.2, 0) is 0 Å². The predicted molar refractivity (Wildman–Crippen MR) is 227 cm³/mol. The third-order valence-electron chi connectivity index (χ3n) is 9.43. The van der Waals surface area contributed by atoms with Crippen molar-refractivity contribution in [1.29, 1.82) is 0 Å². The van der Waals surface area contributed by atoms with Crippen LogP contribution in [0.3, 0.4) is 0 Å². The number of hydrogen-bond acceptors (Lipinski definition) is 7. The first-order chi connectivity index (χ1) is 27.3. The van der Waals surface area contributed by atoms with Gasteiger partial charge in [-0.2, -0.15) is 0 Å². The Morgan fingerprint density at radius 1 is 0.291 bits per heavy atom. The van der Waals surface area contributed by atoms with E-state index in [1.165, 1.54) is 20.9 Å². The number of benzene rings is 4. The summed E-state index contributed by atoms with van der Waals surface area (Å²) < 4.78 is 0. The molecule has 55 heavy (non-hydrogen) atoms. The van der Waals surface area contributed by atoms with Crippen LogP contribution in [0.1, 0.15) is 0 Å².